The van der Waals surface area contributed by atoms with E-state index < -0.39 is 12.1 Å². The molecule has 0 aliphatic carbocycles. The SMILES string of the molecule is COC(=O)[C@H](C)Oc1ccc(Cl)c(Cn2c(C)c(C)c3cc(C(=O)N[C@@H](C)c4ccc(C(C)(C)C)cc4)ccc32)c1. The van der Waals surface area contributed by atoms with Crippen molar-refractivity contribution < 1.29 is 19.1 Å². The van der Waals surface area contributed by atoms with Crippen LogP contribution in [-0.4, -0.2) is 29.7 Å². The molecule has 0 saturated heterocycles. The minimum Gasteiger partial charge on any atom is -0.479 e. The predicted molar refractivity (Wildman–Crippen MR) is 165 cm³/mol. The Balaban J connectivity index is 1.56. The molecule has 1 N–H and O–H groups in total. The molecule has 216 valence electrons. The molecule has 1 amide bonds. The summed E-state index contributed by atoms with van der Waals surface area (Å²) in [6.07, 6.45) is -0.736. The van der Waals surface area contributed by atoms with Gasteiger partial charge in [-0.15, -0.1) is 0 Å². The molecular formula is C34H39ClN2O4. The van der Waals surface area contributed by atoms with Crippen LogP contribution in [0.25, 0.3) is 10.9 Å². The summed E-state index contributed by atoms with van der Waals surface area (Å²) in [7, 11) is 1.33. The number of methoxy groups -OCH3 is 1. The van der Waals surface area contributed by atoms with Gasteiger partial charge in [0.1, 0.15) is 5.75 Å². The number of rotatable bonds is 8. The van der Waals surface area contributed by atoms with Gasteiger partial charge in [0.2, 0.25) is 0 Å². The van der Waals surface area contributed by atoms with E-state index in [-0.39, 0.29) is 17.4 Å². The van der Waals surface area contributed by atoms with E-state index in [1.165, 1.54) is 12.7 Å². The zero-order valence-corrected chi connectivity index (χ0v) is 25.8. The molecule has 7 heteroatoms. The van der Waals surface area contributed by atoms with Gasteiger partial charge in [-0.25, -0.2) is 4.79 Å². The zero-order valence-electron chi connectivity index (χ0n) is 25.1. The van der Waals surface area contributed by atoms with Crippen molar-refractivity contribution in [3.8, 4) is 5.75 Å². The fourth-order valence-corrected chi connectivity index (χ4v) is 5.14. The Hall–Kier alpha value is -3.77. The summed E-state index contributed by atoms with van der Waals surface area (Å²) in [5.41, 5.74) is 7.06. The summed E-state index contributed by atoms with van der Waals surface area (Å²) in [6.45, 7) is 14.8. The quantitative estimate of drug-likeness (QED) is 0.219. The lowest BCUT2D eigenvalue weighted by Gasteiger charge is -2.21. The molecule has 0 spiro atoms. The highest BCUT2D eigenvalue weighted by molar-refractivity contribution is 6.31. The molecule has 0 radical (unpaired) electrons. The number of carbonyl (C=O) groups is 2. The van der Waals surface area contributed by atoms with Crippen molar-refractivity contribution in [2.24, 2.45) is 0 Å². The van der Waals surface area contributed by atoms with Gasteiger partial charge >= 0.3 is 5.97 Å². The number of nitrogens with zero attached hydrogens (tertiary/aromatic N) is 1. The highest BCUT2D eigenvalue weighted by Crippen LogP contribution is 2.31. The average Bonchev–Trinajstić information content (AvgIpc) is 3.17. The first-order valence-corrected chi connectivity index (χ1v) is 14.2. The number of halogens is 1. The molecule has 0 fully saturated rings. The van der Waals surface area contributed by atoms with Crippen molar-refractivity contribution >= 4 is 34.4 Å². The van der Waals surface area contributed by atoms with Crippen LogP contribution < -0.4 is 10.1 Å². The second-order valence-corrected chi connectivity index (χ2v) is 12.0. The van der Waals surface area contributed by atoms with E-state index in [9.17, 15) is 9.59 Å². The molecule has 0 aliphatic heterocycles. The number of aromatic nitrogens is 1. The van der Waals surface area contributed by atoms with Crippen molar-refractivity contribution in [3.63, 3.8) is 0 Å². The second kappa shape index (κ2) is 12.0. The maximum absolute atomic E-state index is 13.3. The smallest absolute Gasteiger partial charge is 0.346 e. The standard InChI is InChI=1S/C34H39ClN2O4/c1-20-22(3)37(19-26-17-28(14-15-30(26)35)41-23(4)33(39)40-8)31-16-11-25(18-29(20)31)32(38)36-21(2)24-9-12-27(13-10-24)34(5,6)7/h9-18,21,23H,19H2,1-8H3,(H,36,38)/t21-,23-/m0/s1. The lowest BCUT2D eigenvalue weighted by atomic mass is 9.86. The fourth-order valence-electron chi connectivity index (χ4n) is 4.96. The maximum atomic E-state index is 13.3. The third-order valence-corrected chi connectivity index (χ3v) is 8.09. The van der Waals surface area contributed by atoms with Gasteiger partial charge in [-0.2, -0.15) is 0 Å². The first kappa shape index (κ1) is 30.2. The van der Waals surface area contributed by atoms with Crippen LogP contribution >= 0.6 is 11.6 Å². The number of hydrogen-bond acceptors (Lipinski definition) is 4. The van der Waals surface area contributed by atoms with Crippen LogP contribution in [0.15, 0.2) is 60.7 Å². The highest BCUT2D eigenvalue weighted by Gasteiger charge is 2.19. The number of carbonyl (C=O) groups excluding carboxylic acids is 2. The molecule has 0 unspecified atom stereocenters. The molecule has 41 heavy (non-hydrogen) atoms. The molecule has 1 aromatic heterocycles. The van der Waals surface area contributed by atoms with E-state index in [4.69, 9.17) is 21.1 Å². The number of amides is 1. The lowest BCUT2D eigenvalue weighted by Crippen LogP contribution is -2.26. The highest BCUT2D eigenvalue weighted by atomic mass is 35.5. The van der Waals surface area contributed by atoms with E-state index in [2.05, 4.69) is 68.8 Å². The first-order valence-electron chi connectivity index (χ1n) is 13.8. The molecule has 6 nitrogen and oxygen atoms in total. The number of benzene rings is 3. The number of ether oxygens (including phenoxy) is 2. The van der Waals surface area contributed by atoms with Gasteiger partial charge in [0.15, 0.2) is 6.10 Å². The van der Waals surface area contributed by atoms with E-state index in [1.807, 2.05) is 31.2 Å². The van der Waals surface area contributed by atoms with Crippen LogP contribution in [0.3, 0.4) is 0 Å². The van der Waals surface area contributed by atoms with Crippen LogP contribution in [0.2, 0.25) is 5.02 Å². The number of esters is 1. The van der Waals surface area contributed by atoms with Crippen molar-refractivity contribution in [2.45, 2.75) is 72.6 Å². The van der Waals surface area contributed by atoms with Crippen LogP contribution in [0.5, 0.6) is 5.75 Å². The summed E-state index contributed by atoms with van der Waals surface area (Å²) >= 11 is 6.57. The lowest BCUT2D eigenvalue weighted by molar-refractivity contribution is -0.147. The molecule has 4 aromatic rings. The monoisotopic (exact) mass is 574 g/mol. The van der Waals surface area contributed by atoms with Crippen molar-refractivity contribution in [1.82, 2.24) is 9.88 Å². The van der Waals surface area contributed by atoms with Crippen molar-refractivity contribution in [1.29, 1.82) is 0 Å². The van der Waals surface area contributed by atoms with E-state index >= 15 is 0 Å². The Morgan fingerprint density at radius 2 is 1.66 bits per heavy atom. The summed E-state index contributed by atoms with van der Waals surface area (Å²) < 4.78 is 12.7. The molecule has 3 aromatic carbocycles. The first-order chi connectivity index (χ1) is 19.3. The van der Waals surface area contributed by atoms with Gasteiger partial charge < -0.3 is 19.4 Å². The fraction of sp³-hybridized carbons (Fsp3) is 0.353. The molecule has 1 heterocycles. The molecule has 2 atom stereocenters. The molecule has 0 saturated carbocycles. The Kier molecular flexibility index (Phi) is 8.83. The number of hydrogen-bond donors (Lipinski definition) is 1. The van der Waals surface area contributed by atoms with Gasteiger partial charge in [0.25, 0.3) is 5.91 Å². The van der Waals surface area contributed by atoms with E-state index in [1.54, 1.807) is 19.1 Å². The summed E-state index contributed by atoms with van der Waals surface area (Å²) in [5.74, 6) is -0.0250. The molecule has 4 rings (SSSR count). The molecule has 0 bridgehead atoms. The topological polar surface area (TPSA) is 69.6 Å². The maximum Gasteiger partial charge on any atom is 0.346 e. The van der Waals surface area contributed by atoms with Gasteiger partial charge in [-0.3, -0.25) is 4.79 Å². The van der Waals surface area contributed by atoms with Gasteiger partial charge in [-0.05, 0) is 91.8 Å². The normalized spacial score (nSPS) is 13.1. The largest absolute Gasteiger partial charge is 0.479 e. The van der Waals surface area contributed by atoms with Crippen LogP contribution in [0.4, 0.5) is 0 Å². The summed E-state index contributed by atoms with van der Waals surface area (Å²) in [5, 5.41) is 4.76. The Labute approximate surface area is 247 Å². The minimum absolute atomic E-state index is 0.0812. The number of aryl methyl sites for hydroxylation is 1. The van der Waals surface area contributed by atoms with Crippen LogP contribution in [0.1, 0.15) is 79.0 Å². The molecule has 0 aliphatic rings. The summed E-state index contributed by atoms with van der Waals surface area (Å²) in [6, 6.07) is 19.5. The second-order valence-electron chi connectivity index (χ2n) is 11.6. The third-order valence-electron chi connectivity index (χ3n) is 7.72. The third kappa shape index (κ3) is 6.59. The van der Waals surface area contributed by atoms with Gasteiger partial charge in [0, 0.05) is 33.7 Å². The molecular weight excluding hydrogens is 536 g/mol. The van der Waals surface area contributed by atoms with Crippen molar-refractivity contribution in [3.05, 3.63) is 99.2 Å². The predicted octanol–water partition coefficient (Wildman–Crippen LogP) is 7.69. The van der Waals surface area contributed by atoms with E-state index in [0.717, 1.165) is 33.3 Å². The Bertz CT molecular complexity index is 1580. The Morgan fingerprint density at radius 3 is 2.29 bits per heavy atom. The zero-order chi connectivity index (χ0) is 30.1. The Morgan fingerprint density at radius 1 is 0.976 bits per heavy atom. The van der Waals surface area contributed by atoms with Gasteiger partial charge in [-0.1, -0.05) is 56.6 Å². The van der Waals surface area contributed by atoms with Gasteiger partial charge in [0.05, 0.1) is 13.2 Å². The van der Waals surface area contributed by atoms with Crippen molar-refractivity contribution in [2.75, 3.05) is 7.11 Å². The van der Waals surface area contributed by atoms with Crippen LogP contribution in [0, 0.1) is 13.8 Å². The van der Waals surface area contributed by atoms with Crippen LogP contribution in [-0.2, 0) is 21.5 Å². The number of fused-ring (bicyclic) bond motifs is 1. The minimum atomic E-state index is -0.736. The average molecular weight is 575 g/mol. The summed E-state index contributed by atoms with van der Waals surface area (Å²) in [4.78, 5) is 25.0. The number of nitrogens with one attached hydrogen (secondary N) is 1. The van der Waals surface area contributed by atoms with E-state index in [0.29, 0.717) is 22.9 Å².